The first kappa shape index (κ1) is 21.0. The van der Waals surface area contributed by atoms with E-state index in [0.29, 0.717) is 11.5 Å². The summed E-state index contributed by atoms with van der Waals surface area (Å²) >= 11 is 1.11. The fourth-order valence-electron chi connectivity index (χ4n) is 2.92. The lowest BCUT2D eigenvalue weighted by atomic mass is 10.1. The number of rotatable bonds is 7. The Kier molecular flexibility index (Phi) is 5.75. The van der Waals surface area contributed by atoms with Crippen LogP contribution in [0.4, 0.5) is 21.0 Å². The van der Waals surface area contributed by atoms with Crippen LogP contribution in [0, 0.1) is 5.82 Å². The van der Waals surface area contributed by atoms with Crippen LogP contribution >= 0.6 is 11.3 Å². The van der Waals surface area contributed by atoms with Gasteiger partial charge in [0.2, 0.25) is 0 Å². The molecule has 2 aromatic heterocycles. The second-order valence-corrected chi connectivity index (χ2v) is 9.61. The highest BCUT2D eigenvalue weighted by Gasteiger charge is 2.21. The van der Waals surface area contributed by atoms with Crippen molar-refractivity contribution in [3.05, 3.63) is 77.7 Å². The average Bonchev–Trinajstić information content (AvgIpc) is 3.38. The first-order chi connectivity index (χ1) is 14.8. The van der Waals surface area contributed by atoms with Crippen LogP contribution in [0.15, 0.2) is 71.1 Å². The second-order valence-electron chi connectivity index (χ2n) is 7.07. The number of aromatic nitrogens is 3. The van der Waals surface area contributed by atoms with Gasteiger partial charge in [0.25, 0.3) is 10.0 Å². The molecule has 10 heteroatoms. The molecule has 4 aromatic rings. The van der Waals surface area contributed by atoms with Gasteiger partial charge in [0.05, 0.1) is 11.4 Å². The number of benzene rings is 2. The molecule has 2 N–H and O–H groups in total. The topological polar surface area (TPSA) is 88.9 Å². The molecule has 0 spiro atoms. The normalized spacial score (nSPS) is 11.6. The zero-order valence-corrected chi connectivity index (χ0v) is 18.4. The summed E-state index contributed by atoms with van der Waals surface area (Å²) in [6.07, 6.45) is 1.47. The summed E-state index contributed by atoms with van der Waals surface area (Å²) in [6, 6.07) is 15.3. The molecule has 2 aromatic carbocycles. The highest BCUT2D eigenvalue weighted by molar-refractivity contribution is 7.93. The van der Waals surface area contributed by atoms with Gasteiger partial charge in [0, 0.05) is 23.3 Å². The van der Waals surface area contributed by atoms with Gasteiger partial charge in [0.15, 0.2) is 5.13 Å². The number of sulfonamides is 1. The minimum Gasteiger partial charge on any atom is -0.340 e. The molecule has 0 amide bonds. The van der Waals surface area contributed by atoms with Crippen molar-refractivity contribution in [2.75, 3.05) is 10.0 Å². The van der Waals surface area contributed by atoms with Crippen molar-refractivity contribution in [2.45, 2.75) is 24.7 Å². The number of nitrogens with one attached hydrogen (secondary N) is 2. The van der Waals surface area contributed by atoms with E-state index in [2.05, 4.69) is 20.1 Å². The summed E-state index contributed by atoms with van der Waals surface area (Å²) in [6.45, 7) is 4.08. The summed E-state index contributed by atoms with van der Waals surface area (Å²) in [5.74, 6) is -0.0264. The minimum atomic E-state index is -4.08. The third kappa shape index (κ3) is 4.59. The molecule has 0 bridgehead atoms. The van der Waals surface area contributed by atoms with Crippen molar-refractivity contribution in [3.8, 4) is 5.69 Å². The van der Waals surface area contributed by atoms with E-state index >= 15 is 0 Å². The SMILES string of the molecule is CC(C)c1cc(Nc2ccc(S(=O)(=O)Nc3nccs3)c(F)c2)n(-c2ccccc2)n1. The van der Waals surface area contributed by atoms with E-state index < -0.39 is 20.7 Å². The fourth-order valence-corrected chi connectivity index (χ4v) is 4.77. The van der Waals surface area contributed by atoms with Crippen molar-refractivity contribution >= 4 is 38.0 Å². The zero-order valence-electron chi connectivity index (χ0n) is 16.8. The van der Waals surface area contributed by atoms with Crippen LogP contribution in [0.25, 0.3) is 5.69 Å². The van der Waals surface area contributed by atoms with E-state index in [1.165, 1.54) is 18.3 Å². The van der Waals surface area contributed by atoms with E-state index in [4.69, 9.17) is 0 Å². The van der Waals surface area contributed by atoms with Gasteiger partial charge >= 0.3 is 0 Å². The molecule has 2 heterocycles. The number of thiazole rings is 1. The fraction of sp³-hybridized carbons (Fsp3) is 0.143. The lowest BCUT2D eigenvalue weighted by molar-refractivity contribution is 0.570. The van der Waals surface area contributed by atoms with Crippen LogP contribution < -0.4 is 10.0 Å². The molecular weight excluding hydrogens is 437 g/mol. The molecule has 0 saturated carbocycles. The Morgan fingerprint density at radius 3 is 2.52 bits per heavy atom. The zero-order chi connectivity index (χ0) is 22.0. The smallest absolute Gasteiger partial charge is 0.266 e. The predicted octanol–water partition coefficient (Wildman–Crippen LogP) is 5.14. The minimum absolute atomic E-state index is 0.176. The molecule has 0 aliphatic heterocycles. The van der Waals surface area contributed by atoms with Gasteiger partial charge in [-0.25, -0.2) is 22.5 Å². The Morgan fingerprint density at radius 2 is 1.87 bits per heavy atom. The maximum atomic E-state index is 14.7. The summed E-state index contributed by atoms with van der Waals surface area (Å²) < 4.78 is 43.7. The standard InChI is InChI=1S/C21H20FN5O2S2/c1-14(2)18-13-20(27(25-18)16-6-4-3-5-7-16)24-15-8-9-19(17(22)12-15)31(28,29)26-21-23-10-11-30-21/h3-14,24H,1-2H3,(H,23,26). The van der Waals surface area contributed by atoms with Gasteiger partial charge in [-0.2, -0.15) is 5.10 Å². The van der Waals surface area contributed by atoms with Crippen LogP contribution in [-0.2, 0) is 10.0 Å². The summed E-state index contributed by atoms with van der Waals surface area (Å²) in [7, 11) is -4.08. The van der Waals surface area contributed by atoms with E-state index in [1.807, 2.05) is 50.2 Å². The summed E-state index contributed by atoms with van der Waals surface area (Å²) in [4.78, 5) is 3.42. The molecule has 0 radical (unpaired) electrons. The van der Waals surface area contributed by atoms with Gasteiger partial charge in [-0.3, -0.25) is 4.72 Å². The molecular formula is C21H20FN5O2S2. The maximum absolute atomic E-state index is 14.7. The van der Waals surface area contributed by atoms with Crippen LogP contribution in [0.1, 0.15) is 25.5 Å². The Labute approximate surface area is 183 Å². The molecule has 160 valence electrons. The van der Waals surface area contributed by atoms with Gasteiger partial charge in [-0.05, 0) is 36.2 Å². The molecule has 0 aliphatic rings. The van der Waals surface area contributed by atoms with E-state index in [9.17, 15) is 12.8 Å². The Bertz CT molecular complexity index is 1290. The third-order valence-electron chi connectivity index (χ3n) is 4.47. The Morgan fingerprint density at radius 1 is 1.10 bits per heavy atom. The van der Waals surface area contributed by atoms with E-state index in [0.717, 1.165) is 28.8 Å². The predicted molar refractivity (Wildman–Crippen MR) is 120 cm³/mol. The first-order valence-electron chi connectivity index (χ1n) is 9.48. The van der Waals surface area contributed by atoms with Crippen molar-refractivity contribution in [1.29, 1.82) is 0 Å². The van der Waals surface area contributed by atoms with Crippen LogP contribution in [-0.4, -0.2) is 23.2 Å². The summed E-state index contributed by atoms with van der Waals surface area (Å²) in [5.41, 5.74) is 2.13. The number of nitrogens with zero attached hydrogens (tertiary/aromatic N) is 3. The number of hydrogen-bond acceptors (Lipinski definition) is 6. The molecule has 0 unspecified atom stereocenters. The van der Waals surface area contributed by atoms with Crippen molar-refractivity contribution < 1.29 is 12.8 Å². The highest BCUT2D eigenvalue weighted by atomic mass is 32.2. The van der Waals surface area contributed by atoms with Gasteiger partial charge in [-0.1, -0.05) is 32.0 Å². The van der Waals surface area contributed by atoms with Gasteiger partial charge in [-0.15, -0.1) is 11.3 Å². The number of anilines is 3. The number of hydrogen-bond donors (Lipinski definition) is 2. The van der Waals surface area contributed by atoms with Gasteiger partial charge < -0.3 is 5.32 Å². The molecule has 0 saturated heterocycles. The molecule has 0 fully saturated rings. The van der Waals surface area contributed by atoms with Crippen molar-refractivity contribution in [3.63, 3.8) is 0 Å². The number of halogens is 1. The van der Waals surface area contributed by atoms with Crippen molar-refractivity contribution in [1.82, 2.24) is 14.8 Å². The monoisotopic (exact) mass is 457 g/mol. The van der Waals surface area contributed by atoms with E-state index in [-0.39, 0.29) is 11.0 Å². The maximum Gasteiger partial charge on any atom is 0.266 e. The molecule has 4 rings (SSSR count). The highest BCUT2D eigenvalue weighted by Crippen LogP contribution is 2.27. The van der Waals surface area contributed by atoms with Crippen LogP contribution in [0.5, 0.6) is 0 Å². The Balaban J connectivity index is 1.64. The largest absolute Gasteiger partial charge is 0.340 e. The molecule has 0 aliphatic carbocycles. The molecule has 31 heavy (non-hydrogen) atoms. The first-order valence-corrected chi connectivity index (χ1v) is 11.8. The van der Waals surface area contributed by atoms with Crippen LogP contribution in [0.3, 0.4) is 0 Å². The lowest BCUT2D eigenvalue weighted by Crippen LogP contribution is -2.14. The van der Waals surface area contributed by atoms with E-state index in [1.54, 1.807) is 10.1 Å². The second kappa shape index (κ2) is 8.48. The molecule has 0 atom stereocenters. The average molecular weight is 458 g/mol. The van der Waals surface area contributed by atoms with Crippen LogP contribution in [0.2, 0.25) is 0 Å². The summed E-state index contributed by atoms with van der Waals surface area (Å²) in [5, 5.41) is 9.60. The molecule has 7 nitrogen and oxygen atoms in total. The Hall–Kier alpha value is -3.24. The third-order valence-corrected chi connectivity index (χ3v) is 6.66. The quantitative estimate of drug-likeness (QED) is 0.401. The number of para-hydroxylation sites is 1. The van der Waals surface area contributed by atoms with Gasteiger partial charge in [0.1, 0.15) is 16.5 Å². The lowest BCUT2D eigenvalue weighted by Gasteiger charge is -2.11. The van der Waals surface area contributed by atoms with Crippen molar-refractivity contribution in [2.24, 2.45) is 0 Å².